The monoisotopic (exact) mass is 94.1 g/mol. The van der Waals surface area contributed by atoms with Crippen LogP contribution in [0.3, 0.4) is 0 Å². The third-order valence-corrected chi connectivity index (χ3v) is 0. The summed E-state index contributed by atoms with van der Waals surface area (Å²) in [5.41, 5.74) is 0. The van der Waals surface area contributed by atoms with Gasteiger partial charge < -0.3 is 6.15 Å². The van der Waals surface area contributed by atoms with Gasteiger partial charge >= 0.3 is 0 Å². The molecule has 0 rings (SSSR count). The summed E-state index contributed by atoms with van der Waals surface area (Å²) >= 11 is 0. The molecule has 0 saturated heterocycles. The van der Waals surface area contributed by atoms with Crippen LogP contribution in [-0.2, 0) is 10.9 Å². The zero-order valence-electron chi connectivity index (χ0n) is 4.12. The molecule has 0 unspecified atom stereocenters. The highest BCUT2D eigenvalue weighted by molar-refractivity contribution is 7.94. The van der Waals surface area contributed by atoms with Crippen LogP contribution in [0.25, 0.3) is 0 Å². The molecule has 0 aliphatic heterocycles. The lowest BCUT2D eigenvalue weighted by Gasteiger charge is -1.69. The molecule has 0 bridgehead atoms. The molecule has 0 spiro atoms. The SMILES string of the molecule is C[S+](C)C.N. The number of hydrogen-bond donors (Lipinski definition) is 1. The van der Waals surface area contributed by atoms with Gasteiger partial charge in [0.25, 0.3) is 0 Å². The van der Waals surface area contributed by atoms with E-state index in [4.69, 9.17) is 0 Å². The number of hydrogen-bond acceptors (Lipinski definition) is 1. The molecule has 0 radical (unpaired) electrons. The van der Waals surface area contributed by atoms with Crippen molar-refractivity contribution >= 4 is 10.9 Å². The van der Waals surface area contributed by atoms with Crippen molar-refractivity contribution in [2.45, 2.75) is 0 Å². The van der Waals surface area contributed by atoms with E-state index in [-0.39, 0.29) is 6.15 Å². The van der Waals surface area contributed by atoms with E-state index < -0.39 is 0 Å². The zero-order valence-corrected chi connectivity index (χ0v) is 4.93. The van der Waals surface area contributed by atoms with Crippen molar-refractivity contribution < 1.29 is 0 Å². The van der Waals surface area contributed by atoms with Crippen LogP contribution in [0, 0.1) is 0 Å². The highest BCUT2D eigenvalue weighted by Gasteiger charge is 1.77. The van der Waals surface area contributed by atoms with Gasteiger partial charge in [0.2, 0.25) is 0 Å². The van der Waals surface area contributed by atoms with Gasteiger partial charge in [0, 0.05) is 0 Å². The summed E-state index contributed by atoms with van der Waals surface area (Å²) in [7, 11) is 0.639. The van der Waals surface area contributed by atoms with E-state index in [0.717, 1.165) is 0 Å². The number of rotatable bonds is 0. The molecule has 0 aliphatic rings. The van der Waals surface area contributed by atoms with Crippen molar-refractivity contribution in [1.29, 1.82) is 0 Å². The van der Waals surface area contributed by atoms with E-state index >= 15 is 0 Å². The third-order valence-electron chi connectivity index (χ3n) is 0. The maximum absolute atomic E-state index is 2.19. The maximum Gasteiger partial charge on any atom is 0.0969 e. The molecule has 34 valence electrons. The Hall–Kier alpha value is 0.310. The first-order valence-electron chi connectivity index (χ1n) is 1.22. The van der Waals surface area contributed by atoms with Crippen LogP contribution < -0.4 is 6.15 Å². The van der Waals surface area contributed by atoms with Gasteiger partial charge in [0.15, 0.2) is 0 Å². The van der Waals surface area contributed by atoms with Crippen LogP contribution in [0.15, 0.2) is 0 Å². The Kier molecular flexibility index (Phi) is 7.76. The minimum absolute atomic E-state index is 0. The van der Waals surface area contributed by atoms with E-state index in [2.05, 4.69) is 18.8 Å². The van der Waals surface area contributed by atoms with Crippen molar-refractivity contribution in [3.8, 4) is 0 Å². The highest BCUT2D eigenvalue weighted by Crippen LogP contribution is 1.63. The molecular weight excluding hydrogens is 82.1 g/mol. The summed E-state index contributed by atoms with van der Waals surface area (Å²) in [6.45, 7) is 0. The second-order valence-electron chi connectivity index (χ2n) is 1.22. The molecule has 0 fully saturated rings. The molecule has 5 heavy (non-hydrogen) atoms. The quantitative estimate of drug-likeness (QED) is 0.440. The van der Waals surface area contributed by atoms with Crippen molar-refractivity contribution in [3.63, 3.8) is 0 Å². The molecule has 0 aliphatic carbocycles. The highest BCUT2D eigenvalue weighted by atomic mass is 32.2. The van der Waals surface area contributed by atoms with E-state index in [1.165, 1.54) is 0 Å². The molecule has 3 N–H and O–H groups in total. The molecule has 0 atom stereocenters. The van der Waals surface area contributed by atoms with Gasteiger partial charge in [-0.3, -0.25) is 0 Å². The van der Waals surface area contributed by atoms with Crippen molar-refractivity contribution in [2.24, 2.45) is 0 Å². The van der Waals surface area contributed by atoms with Crippen LogP contribution in [0.4, 0.5) is 0 Å². The molecular formula is C3H12NS+. The lowest BCUT2D eigenvalue weighted by atomic mass is 11.9. The standard InChI is InChI=1S/C3H9S.H3N/c1-4(2)3;/h1-3H3;1H3/q+1;. The van der Waals surface area contributed by atoms with Crippen LogP contribution >= 0.6 is 0 Å². The Labute approximate surface area is 36.7 Å². The molecule has 0 amide bonds. The maximum atomic E-state index is 2.19. The first-order valence-corrected chi connectivity index (χ1v) is 3.67. The molecule has 0 aromatic rings. The summed E-state index contributed by atoms with van der Waals surface area (Å²) in [6.07, 6.45) is 6.58. The summed E-state index contributed by atoms with van der Waals surface area (Å²) in [5, 5.41) is 0. The third kappa shape index (κ3) is 239. The molecule has 0 aromatic carbocycles. The Bertz CT molecular complexity index is 11.6. The van der Waals surface area contributed by atoms with E-state index in [9.17, 15) is 0 Å². The van der Waals surface area contributed by atoms with Gasteiger partial charge in [0.05, 0.1) is 18.8 Å². The zero-order chi connectivity index (χ0) is 3.58. The molecule has 2 heteroatoms. The minimum Gasteiger partial charge on any atom is -0.344 e. The lowest BCUT2D eigenvalue weighted by Crippen LogP contribution is -1.84. The van der Waals surface area contributed by atoms with Gasteiger partial charge in [-0.15, -0.1) is 0 Å². The predicted molar refractivity (Wildman–Crippen MR) is 30.2 cm³/mol. The second kappa shape index (κ2) is 4.31. The van der Waals surface area contributed by atoms with Gasteiger partial charge in [-0.05, 0) is 10.9 Å². The first kappa shape index (κ1) is 9.00. The Morgan fingerprint density at radius 1 is 1.00 bits per heavy atom. The van der Waals surface area contributed by atoms with Crippen LogP contribution in [0.5, 0.6) is 0 Å². The van der Waals surface area contributed by atoms with Crippen LogP contribution in [0.2, 0.25) is 0 Å². The smallest absolute Gasteiger partial charge is 0.0969 e. The molecule has 0 aromatic heterocycles. The fourth-order valence-corrected chi connectivity index (χ4v) is 0. The van der Waals surface area contributed by atoms with Gasteiger partial charge in [-0.25, -0.2) is 0 Å². The Morgan fingerprint density at radius 3 is 1.00 bits per heavy atom. The Balaban J connectivity index is 0. The van der Waals surface area contributed by atoms with Crippen LogP contribution in [0.1, 0.15) is 0 Å². The van der Waals surface area contributed by atoms with Gasteiger partial charge in [-0.2, -0.15) is 0 Å². The molecule has 1 nitrogen and oxygen atoms in total. The molecule has 0 saturated carbocycles. The largest absolute Gasteiger partial charge is 0.344 e. The Morgan fingerprint density at radius 2 is 1.00 bits per heavy atom. The average molecular weight is 94.2 g/mol. The summed E-state index contributed by atoms with van der Waals surface area (Å²) in [6, 6.07) is 0. The molecule has 0 heterocycles. The summed E-state index contributed by atoms with van der Waals surface area (Å²) < 4.78 is 0. The summed E-state index contributed by atoms with van der Waals surface area (Å²) in [4.78, 5) is 0. The second-order valence-corrected chi connectivity index (χ2v) is 3.67. The lowest BCUT2D eigenvalue weighted by molar-refractivity contribution is 2.13. The van der Waals surface area contributed by atoms with Crippen molar-refractivity contribution in [2.75, 3.05) is 18.8 Å². The van der Waals surface area contributed by atoms with E-state index in [1.807, 2.05) is 0 Å². The fourth-order valence-electron chi connectivity index (χ4n) is 0. The van der Waals surface area contributed by atoms with E-state index in [1.54, 1.807) is 0 Å². The van der Waals surface area contributed by atoms with Crippen LogP contribution in [-0.4, -0.2) is 18.8 Å². The normalized spacial score (nSPS) is 7.20. The van der Waals surface area contributed by atoms with Gasteiger partial charge in [-0.1, -0.05) is 0 Å². The predicted octanol–water partition coefficient (Wildman–Crippen LogP) is 0.656. The van der Waals surface area contributed by atoms with Gasteiger partial charge in [0.1, 0.15) is 0 Å². The first-order chi connectivity index (χ1) is 1.73. The van der Waals surface area contributed by atoms with Crippen molar-refractivity contribution in [1.82, 2.24) is 6.15 Å². The summed E-state index contributed by atoms with van der Waals surface area (Å²) in [5.74, 6) is 0. The minimum atomic E-state index is 0. The topological polar surface area (TPSA) is 35.0 Å². The fraction of sp³-hybridized carbons (Fsp3) is 1.00. The van der Waals surface area contributed by atoms with Crippen molar-refractivity contribution in [3.05, 3.63) is 0 Å². The average Bonchev–Trinajstić information content (AvgIpc) is 0.811. The van der Waals surface area contributed by atoms with E-state index in [0.29, 0.717) is 10.9 Å².